The Morgan fingerprint density at radius 2 is 2.35 bits per heavy atom. The van der Waals surface area contributed by atoms with E-state index in [9.17, 15) is 4.79 Å². The zero-order chi connectivity index (χ0) is 13.9. The van der Waals surface area contributed by atoms with Crippen LogP contribution in [0.2, 0.25) is 0 Å². The third-order valence-corrected chi connectivity index (χ3v) is 4.61. The predicted octanol–water partition coefficient (Wildman–Crippen LogP) is 1.95. The molecule has 0 fully saturated rings. The summed E-state index contributed by atoms with van der Waals surface area (Å²) < 4.78 is 0. The second kappa shape index (κ2) is 5.73. The van der Waals surface area contributed by atoms with Gasteiger partial charge in [-0.3, -0.25) is 4.79 Å². The number of hydrogen-bond acceptors (Lipinski definition) is 4. The second-order valence-electron chi connectivity index (χ2n) is 4.96. The van der Waals surface area contributed by atoms with E-state index in [1.807, 2.05) is 24.6 Å². The maximum Gasteiger partial charge on any atom is 0.229 e. The Labute approximate surface area is 122 Å². The molecule has 1 aromatic carbocycles. The molecule has 104 valence electrons. The molecule has 4 nitrogen and oxygen atoms in total. The van der Waals surface area contributed by atoms with Gasteiger partial charge in [0.05, 0.1) is 23.7 Å². The summed E-state index contributed by atoms with van der Waals surface area (Å²) in [6.45, 7) is 4.07. The third-order valence-electron chi connectivity index (χ3n) is 3.68. The first-order valence-electron chi connectivity index (χ1n) is 6.71. The number of nitrogens with one attached hydrogen (secondary N) is 2. The zero-order valence-corrected chi connectivity index (χ0v) is 12.2. The topological polar surface area (TPSA) is 54.0 Å². The minimum absolute atomic E-state index is 0.0810. The van der Waals surface area contributed by atoms with Crippen molar-refractivity contribution >= 4 is 17.2 Å². The van der Waals surface area contributed by atoms with E-state index in [0.29, 0.717) is 13.1 Å². The molecule has 1 aliphatic heterocycles. The van der Waals surface area contributed by atoms with Gasteiger partial charge in [-0.05, 0) is 18.1 Å². The summed E-state index contributed by atoms with van der Waals surface area (Å²) in [7, 11) is 0. The Bertz CT molecular complexity index is 623. The van der Waals surface area contributed by atoms with Crippen LogP contribution in [0.5, 0.6) is 0 Å². The molecule has 0 bridgehead atoms. The smallest absolute Gasteiger partial charge is 0.229 e. The molecular weight excluding hydrogens is 270 g/mol. The molecule has 0 aliphatic carbocycles. The van der Waals surface area contributed by atoms with E-state index in [4.69, 9.17) is 0 Å². The molecule has 1 aliphatic rings. The number of aryl methyl sites for hydroxylation is 1. The van der Waals surface area contributed by atoms with Crippen molar-refractivity contribution in [2.45, 2.75) is 25.9 Å². The molecule has 2 heterocycles. The van der Waals surface area contributed by atoms with E-state index < -0.39 is 0 Å². The van der Waals surface area contributed by atoms with Crippen molar-refractivity contribution in [1.29, 1.82) is 0 Å². The van der Waals surface area contributed by atoms with E-state index >= 15 is 0 Å². The number of carbonyl (C=O) groups excluding carboxylic acids is 1. The van der Waals surface area contributed by atoms with Crippen molar-refractivity contribution in [3.05, 3.63) is 51.5 Å². The minimum atomic E-state index is -0.104. The summed E-state index contributed by atoms with van der Waals surface area (Å²) in [5, 5.41) is 6.33. The van der Waals surface area contributed by atoms with Crippen LogP contribution >= 0.6 is 11.3 Å². The lowest BCUT2D eigenvalue weighted by atomic mass is 9.90. The first kappa shape index (κ1) is 13.3. The van der Waals surface area contributed by atoms with Crippen molar-refractivity contribution in [3.8, 4) is 0 Å². The highest BCUT2D eigenvalue weighted by Gasteiger charge is 2.25. The Balaban J connectivity index is 1.71. The highest BCUT2D eigenvalue weighted by atomic mass is 32.1. The van der Waals surface area contributed by atoms with Crippen LogP contribution in [0.15, 0.2) is 29.8 Å². The van der Waals surface area contributed by atoms with Gasteiger partial charge in [-0.2, -0.15) is 0 Å². The van der Waals surface area contributed by atoms with Crippen LogP contribution in [0, 0.1) is 6.92 Å². The van der Waals surface area contributed by atoms with Crippen LogP contribution in [-0.4, -0.2) is 17.4 Å². The molecule has 0 radical (unpaired) electrons. The third kappa shape index (κ3) is 2.59. The highest BCUT2D eigenvalue weighted by molar-refractivity contribution is 7.09. The summed E-state index contributed by atoms with van der Waals surface area (Å²) in [5.41, 5.74) is 5.17. The van der Waals surface area contributed by atoms with Gasteiger partial charge in [-0.15, -0.1) is 11.3 Å². The molecule has 1 atom stereocenters. The number of nitrogens with zero attached hydrogens (tertiary/aromatic N) is 1. The van der Waals surface area contributed by atoms with Crippen molar-refractivity contribution in [3.63, 3.8) is 0 Å². The molecule has 20 heavy (non-hydrogen) atoms. The Morgan fingerprint density at radius 1 is 1.50 bits per heavy atom. The molecule has 2 aromatic rings. The van der Waals surface area contributed by atoms with Gasteiger partial charge in [-0.1, -0.05) is 24.3 Å². The van der Waals surface area contributed by atoms with Gasteiger partial charge < -0.3 is 10.6 Å². The van der Waals surface area contributed by atoms with E-state index in [0.717, 1.165) is 22.7 Å². The van der Waals surface area contributed by atoms with Gasteiger partial charge in [0.15, 0.2) is 0 Å². The van der Waals surface area contributed by atoms with E-state index in [1.54, 1.807) is 11.3 Å². The average Bonchev–Trinajstić information content (AvgIpc) is 2.89. The molecule has 5 heteroatoms. The summed E-state index contributed by atoms with van der Waals surface area (Å²) >= 11 is 1.58. The summed E-state index contributed by atoms with van der Waals surface area (Å²) in [6.07, 6.45) is 0. The van der Waals surface area contributed by atoms with Gasteiger partial charge in [0.2, 0.25) is 5.91 Å². The lowest BCUT2D eigenvalue weighted by molar-refractivity contribution is -0.122. The SMILES string of the molecule is Cc1ncsc1CNC(=O)C1CNCc2ccccc21. The van der Waals surface area contributed by atoms with Crippen LogP contribution in [0.4, 0.5) is 0 Å². The monoisotopic (exact) mass is 287 g/mol. The lowest BCUT2D eigenvalue weighted by Crippen LogP contribution is -2.38. The summed E-state index contributed by atoms with van der Waals surface area (Å²) in [5.74, 6) is -0.0226. The predicted molar refractivity (Wildman–Crippen MR) is 79.6 cm³/mol. The van der Waals surface area contributed by atoms with Crippen molar-refractivity contribution in [2.24, 2.45) is 0 Å². The molecule has 1 unspecified atom stereocenters. The molecule has 0 saturated carbocycles. The summed E-state index contributed by atoms with van der Waals surface area (Å²) in [6, 6.07) is 8.15. The van der Waals surface area contributed by atoms with Crippen molar-refractivity contribution in [1.82, 2.24) is 15.6 Å². The quantitative estimate of drug-likeness (QED) is 0.907. The standard InChI is InChI=1S/C15H17N3OS/c1-10-14(20-9-18-10)8-17-15(19)13-7-16-6-11-4-2-3-5-12(11)13/h2-5,9,13,16H,6-8H2,1H3,(H,17,19). The van der Waals surface area contributed by atoms with E-state index in [-0.39, 0.29) is 11.8 Å². The van der Waals surface area contributed by atoms with Gasteiger partial charge in [0.1, 0.15) is 0 Å². The maximum absolute atomic E-state index is 12.4. The molecule has 1 amide bonds. The van der Waals surface area contributed by atoms with Crippen LogP contribution in [0.1, 0.15) is 27.6 Å². The number of fused-ring (bicyclic) bond motifs is 1. The van der Waals surface area contributed by atoms with E-state index in [2.05, 4.69) is 27.8 Å². The fourth-order valence-electron chi connectivity index (χ4n) is 2.52. The van der Waals surface area contributed by atoms with Gasteiger partial charge in [-0.25, -0.2) is 4.98 Å². The maximum atomic E-state index is 12.4. The van der Waals surface area contributed by atoms with E-state index in [1.165, 1.54) is 5.56 Å². The summed E-state index contributed by atoms with van der Waals surface area (Å²) in [4.78, 5) is 17.7. The van der Waals surface area contributed by atoms with Crippen LogP contribution < -0.4 is 10.6 Å². The Hall–Kier alpha value is -1.72. The van der Waals surface area contributed by atoms with Crippen LogP contribution in [0.3, 0.4) is 0 Å². The number of benzene rings is 1. The number of aromatic nitrogens is 1. The molecule has 3 rings (SSSR count). The Morgan fingerprint density at radius 3 is 3.15 bits per heavy atom. The fraction of sp³-hybridized carbons (Fsp3) is 0.333. The molecule has 0 spiro atoms. The first-order valence-corrected chi connectivity index (χ1v) is 7.59. The largest absolute Gasteiger partial charge is 0.351 e. The zero-order valence-electron chi connectivity index (χ0n) is 11.3. The first-order chi connectivity index (χ1) is 9.75. The molecular formula is C15H17N3OS. The number of rotatable bonds is 3. The van der Waals surface area contributed by atoms with Gasteiger partial charge in [0.25, 0.3) is 0 Å². The average molecular weight is 287 g/mol. The van der Waals surface area contributed by atoms with Crippen molar-refractivity contribution < 1.29 is 4.79 Å². The fourth-order valence-corrected chi connectivity index (χ4v) is 3.23. The Kier molecular flexibility index (Phi) is 3.80. The molecule has 0 saturated heterocycles. The number of thiazole rings is 1. The number of hydrogen-bond donors (Lipinski definition) is 2. The number of amides is 1. The van der Waals surface area contributed by atoms with Gasteiger partial charge >= 0.3 is 0 Å². The lowest BCUT2D eigenvalue weighted by Gasteiger charge is -2.25. The molecule has 2 N–H and O–H groups in total. The highest BCUT2D eigenvalue weighted by Crippen LogP contribution is 2.24. The van der Waals surface area contributed by atoms with Crippen LogP contribution in [-0.2, 0) is 17.9 Å². The van der Waals surface area contributed by atoms with Gasteiger partial charge in [0, 0.05) is 18.0 Å². The number of carbonyl (C=O) groups is 1. The molecule has 1 aromatic heterocycles. The minimum Gasteiger partial charge on any atom is -0.351 e. The van der Waals surface area contributed by atoms with Crippen molar-refractivity contribution in [2.75, 3.05) is 6.54 Å². The van der Waals surface area contributed by atoms with Crippen LogP contribution in [0.25, 0.3) is 0 Å². The normalized spacial score (nSPS) is 17.6. The second-order valence-corrected chi connectivity index (χ2v) is 5.90.